The summed E-state index contributed by atoms with van der Waals surface area (Å²) in [5.41, 5.74) is 0.946. The van der Waals surface area contributed by atoms with Crippen LogP contribution in [0.4, 0.5) is 4.39 Å². The Morgan fingerprint density at radius 1 is 0.833 bits per heavy atom. The maximum Gasteiger partial charge on any atom is 0.203 e. The average Bonchev–Trinajstić information content (AvgIpc) is 2.61. The molecule has 5 nitrogen and oxygen atoms in total. The topological polar surface area (TPSA) is 57.2 Å². The van der Waals surface area contributed by atoms with E-state index < -0.39 is 11.6 Å². The highest BCUT2D eigenvalue weighted by atomic mass is 19.1. The maximum atomic E-state index is 14.1. The molecule has 0 bridgehead atoms. The number of methoxy groups -OCH3 is 4. The van der Waals surface area contributed by atoms with Crippen LogP contribution in [0.5, 0.6) is 28.7 Å². The number of aromatic hydroxyl groups is 1. The van der Waals surface area contributed by atoms with Crippen LogP contribution in [0.1, 0.15) is 11.1 Å². The standard InChI is InChI=1S/C18H19FO5/c1-21-13-8-7-12(16(19)17(13)20)6-5-11-9-14(22-2)18(24-4)15(10-11)23-3/h5-10,20H,1-4H3. The number of halogens is 1. The fourth-order valence-corrected chi connectivity index (χ4v) is 2.24. The molecule has 0 fully saturated rings. The van der Waals surface area contributed by atoms with Gasteiger partial charge in [0.05, 0.1) is 28.4 Å². The van der Waals surface area contributed by atoms with Gasteiger partial charge in [0.15, 0.2) is 28.8 Å². The van der Waals surface area contributed by atoms with E-state index in [1.54, 1.807) is 18.2 Å². The largest absolute Gasteiger partial charge is 0.502 e. The van der Waals surface area contributed by atoms with E-state index in [2.05, 4.69) is 0 Å². The Morgan fingerprint density at radius 2 is 1.42 bits per heavy atom. The van der Waals surface area contributed by atoms with E-state index in [0.717, 1.165) is 5.56 Å². The molecule has 0 heterocycles. The van der Waals surface area contributed by atoms with Crippen LogP contribution in [0.3, 0.4) is 0 Å². The first-order valence-corrected chi connectivity index (χ1v) is 7.09. The van der Waals surface area contributed by atoms with Gasteiger partial charge in [-0.3, -0.25) is 0 Å². The number of phenols is 1. The van der Waals surface area contributed by atoms with Gasteiger partial charge in [-0.25, -0.2) is 4.39 Å². The molecule has 0 unspecified atom stereocenters. The number of hydrogen-bond donors (Lipinski definition) is 1. The van der Waals surface area contributed by atoms with Gasteiger partial charge in [-0.2, -0.15) is 0 Å². The molecular weight excluding hydrogens is 315 g/mol. The highest BCUT2D eigenvalue weighted by Crippen LogP contribution is 2.39. The molecule has 0 spiro atoms. The molecule has 0 saturated heterocycles. The van der Waals surface area contributed by atoms with E-state index in [1.807, 2.05) is 0 Å². The van der Waals surface area contributed by atoms with Gasteiger partial charge >= 0.3 is 0 Å². The molecular formula is C18H19FO5. The third kappa shape index (κ3) is 3.37. The van der Waals surface area contributed by atoms with Gasteiger partial charge in [-0.15, -0.1) is 0 Å². The second kappa shape index (κ2) is 7.59. The predicted molar refractivity (Wildman–Crippen MR) is 89.6 cm³/mol. The van der Waals surface area contributed by atoms with Gasteiger partial charge in [0.2, 0.25) is 5.75 Å². The van der Waals surface area contributed by atoms with Gasteiger partial charge in [0, 0.05) is 5.56 Å². The van der Waals surface area contributed by atoms with Crippen molar-refractivity contribution >= 4 is 12.2 Å². The molecule has 24 heavy (non-hydrogen) atoms. The summed E-state index contributed by atoms with van der Waals surface area (Å²) in [6, 6.07) is 6.48. The van der Waals surface area contributed by atoms with Gasteiger partial charge < -0.3 is 24.1 Å². The summed E-state index contributed by atoms with van der Waals surface area (Å²) in [6.07, 6.45) is 3.21. The van der Waals surface area contributed by atoms with Crippen molar-refractivity contribution in [3.63, 3.8) is 0 Å². The van der Waals surface area contributed by atoms with Crippen molar-refractivity contribution in [1.82, 2.24) is 0 Å². The second-order valence-corrected chi connectivity index (χ2v) is 4.81. The molecule has 0 amide bonds. The van der Waals surface area contributed by atoms with Crippen LogP contribution in [0.25, 0.3) is 12.2 Å². The molecule has 0 aliphatic carbocycles. The SMILES string of the molecule is COc1ccc(C=Cc2cc(OC)c(OC)c(OC)c2)c(F)c1O. The summed E-state index contributed by atoms with van der Waals surface area (Å²) >= 11 is 0. The third-order valence-electron chi connectivity index (χ3n) is 3.47. The minimum atomic E-state index is -0.752. The minimum Gasteiger partial charge on any atom is -0.502 e. The molecule has 0 aliphatic heterocycles. The summed E-state index contributed by atoms with van der Waals surface area (Å²) in [5, 5.41) is 9.72. The van der Waals surface area contributed by atoms with E-state index >= 15 is 0 Å². The lowest BCUT2D eigenvalue weighted by molar-refractivity contribution is 0.324. The third-order valence-corrected chi connectivity index (χ3v) is 3.47. The first-order valence-electron chi connectivity index (χ1n) is 7.09. The Hall–Kier alpha value is -2.89. The van der Waals surface area contributed by atoms with Gasteiger partial charge in [0.1, 0.15) is 0 Å². The molecule has 2 rings (SSSR count). The number of hydrogen-bond acceptors (Lipinski definition) is 5. The monoisotopic (exact) mass is 334 g/mol. The Morgan fingerprint density at radius 3 is 1.92 bits per heavy atom. The summed E-state index contributed by atoms with van der Waals surface area (Å²) in [5.74, 6) is 0.273. The van der Waals surface area contributed by atoms with Crippen molar-refractivity contribution in [2.24, 2.45) is 0 Å². The molecule has 0 saturated carbocycles. The molecule has 0 radical (unpaired) electrons. The first kappa shape index (κ1) is 17.5. The predicted octanol–water partition coefficient (Wildman–Crippen LogP) is 3.74. The molecule has 2 aromatic carbocycles. The molecule has 6 heteroatoms. The Bertz CT molecular complexity index is 730. The van der Waals surface area contributed by atoms with Crippen LogP contribution >= 0.6 is 0 Å². The van der Waals surface area contributed by atoms with Crippen molar-refractivity contribution in [3.8, 4) is 28.7 Å². The van der Waals surface area contributed by atoms with E-state index in [-0.39, 0.29) is 11.3 Å². The molecule has 0 aliphatic rings. The van der Waals surface area contributed by atoms with Crippen molar-refractivity contribution in [3.05, 3.63) is 41.2 Å². The molecule has 128 valence electrons. The van der Waals surface area contributed by atoms with Crippen molar-refractivity contribution in [2.45, 2.75) is 0 Å². The Kier molecular flexibility index (Phi) is 5.52. The maximum absolute atomic E-state index is 14.1. The number of benzene rings is 2. The number of ether oxygens (including phenoxy) is 4. The van der Waals surface area contributed by atoms with Crippen LogP contribution in [-0.2, 0) is 0 Å². The fraction of sp³-hybridized carbons (Fsp3) is 0.222. The summed E-state index contributed by atoms with van der Waals surface area (Å²) < 4.78 is 34.8. The molecule has 2 aromatic rings. The van der Waals surface area contributed by atoms with E-state index in [9.17, 15) is 9.50 Å². The van der Waals surface area contributed by atoms with Crippen molar-refractivity contribution in [2.75, 3.05) is 28.4 Å². The number of phenolic OH excluding ortho intramolecular Hbond substituents is 1. The van der Waals surface area contributed by atoms with Gasteiger partial charge in [-0.05, 0) is 29.8 Å². The Labute approximate surface area is 139 Å². The van der Waals surface area contributed by atoms with Crippen molar-refractivity contribution < 1.29 is 28.4 Å². The zero-order chi connectivity index (χ0) is 17.7. The van der Waals surface area contributed by atoms with Gasteiger partial charge in [0.25, 0.3) is 0 Å². The van der Waals surface area contributed by atoms with Crippen LogP contribution in [0.2, 0.25) is 0 Å². The summed E-state index contributed by atoms with van der Waals surface area (Å²) in [6.45, 7) is 0. The van der Waals surface area contributed by atoms with E-state index in [0.29, 0.717) is 17.2 Å². The smallest absolute Gasteiger partial charge is 0.203 e. The average molecular weight is 334 g/mol. The second-order valence-electron chi connectivity index (χ2n) is 4.81. The number of rotatable bonds is 6. The lowest BCUT2D eigenvalue weighted by Crippen LogP contribution is -1.95. The lowest BCUT2D eigenvalue weighted by Gasteiger charge is -2.12. The fourth-order valence-electron chi connectivity index (χ4n) is 2.24. The van der Waals surface area contributed by atoms with Crippen LogP contribution in [0.15, 0.2) is 24.3 Å². The first-order chi connectivity index (χ1) is 11.5. The van der Waals surface area contributed by atoms with E-state index in [1.165, 1.54) is 46.6 Å². The highest BCUT2D eigenvalue weighted by Gasteiger charge is 2.13. The highest BCUT2D eigenvalue weighted by molar-refractivity contribution is 5.74. The zero-order valence-corrected chi connectivity index (χ0v) is 13.9. The molecule has 1 N–H and O–H groups in total. The summed E-state index contributed by atoms with van der Waals surface area (Å²) in [7, 11) is 5.92. The summed E-state index contributed by atoms with van der Waals surface area (Å²) in [4.78, 5) is 0. The van der Waals surface area contributed by atoms with E-state index in [4.69, 9.17) is 18.9 Å². The minimum absolute atomic E-state index is 0.0810. The van der Waals surface area contributed by atoms with Crippen LogP contribution in [-0.4, -0.2) is 33.5 Å². The molecule has 0 atom stereocenters. The lowest BCUT2D eigenvalue weighted by atomic mass is 10.1. The normalized spacial score (nSPS) is 10.7. The molecule has 0 aromatic heterocycles. The van der Waals surface area contributed by atoms with Crippen LogP contribution in [0, 0.1) is 5.82 Å². The quantitative estimate of drug-likeness (QED) is 0.816. The van der Waals surface area contributed by atoms with Gasteiger partial charge in [-0.1, -0.05) is 12.2 Å². The zero-order valence-electron chi connectivity index (χ0n) is 13.9. The van der Waals surface area contributed by atoms with Crippen molar-refractivity contribution in [1.29, 1.82) is 0 Å². The van der Waals surface area contributed by atoms with Crippen LogP contribution < -0.4 is 18.9 Å². The Balaban J connectivity index is 2.41.